The molecule has 0 saturated heterocycles. The van der Waals surface area contributed by atoms with Crippen LogP contribution in [0.25, 0.3) is 0 Å². The van der Waals surface area contributed by atoms with Gasteiger partial charge in [0.05, 0.1) is 11.9 Å². The van der Waals surface area contributed by atoms with Gasteiger partial charge in [-0.2, -0.15) is 0 Å². The molecular formula is C14H25N5. The Bertz CT molecular complexity index is 389. The highest BCUT2D eigenvalue weighted by molar-refractivity contribution is 5.34. The first kappa shape index (κ1) is 14.2. The molecule has 1 aromatic heterocycles. The van der Waals surface area contributed by atoms with Crippen LogP contribution in [-0.4, -0.2) is 55.1 Å². The van der Waals surface area contributed by atoms with E-state index < -0.39 is 0 Å². The molecule has 1 saturated carbocycles. The van der Waals surface area contributed by atoms with E-state index >= 15 is 0 Å². The highest BCUT2D eigenvalue weighted by Crippen LogP contribution is 2.19. The van der Waals surface area contributed by atoms with Crippen LogP contribution in [0.4, 0.5) is 5.82 Å². The number of nitrogens with one attached hydrogen (secondary N) is 1. The van der Waals surface area contributed by atoms with Gasteiger partial charge in [0.15, 0.2) is 0 Å². The second-order valence-corrected chi connectivity index (χ2v) is 5.60. The lowest BCUT2D eigenvalue weighted by Crippen LogP contribution is -2.25. The van der Waals surface area contributed by atoms with E-state index in [-0.39, 0.29) is 0 Å². The summed E-state index contributed by atoms with van der Waals surface area (Å²) in [6, 6.07) is 0.711. The molecule has 0 atom stereocenters. The summed E-state index contributed by atoms with van der Waals surface area (Å²) in [4.78, 5) is 13.3. The Balaban J connectivity index is 1.81. The molecule has 1 aliphatic carbocycles. The second kappa shape index (κ2) is 6.82. The molecule has 106 valence electrons. The third-order valence-corrected chi connectivity index (χ3v) is 3.31. The Labute approximate surface area is 116 Å². The predicted octanol–water partition coefficient (Wildman–Crippen LogP) is 1.12. The molecule has 5 heteroatoms. The quantitative estimate of drug-likeness (QED) is 0.761. The molecule has 0 bridgehead atoms. The van der Waals surface area contributed by atoms with Gasteiger partial charge in [-0.3, -0.25) is 4.98 Å². The van der Waals surface area contributed by atoms with Gasteiger partial charge in [0.25, 0.3) is 0 Å². The van der Waals surface area contributed by atoms with E-state index in [4.69, 9.17) is 0 Å². The van der Waals surface area contributed by atoms with E-state index in [2.05, 4.69) is 46.2 Å². The van der Waals surface area contributed by atoms with Gasteiger partial charge in [-0.15, -0.1) is 0 Å². The van der Waals surface area contributed by atoms with Crippen molar-refractivity contribution in [3.63, 3.8) is 0 Å². The topological polar surface area (TPSA) is 44.3 Å². The first-order chi connectivity index (χ1) is 9.15. The average molecular weight is 263 g/mol. The molecule has 1 N–H and O–H groups in total. The van der Waals surface area contributed by atoms with Crippen LogP contribution in [-0.2, 0) is 6.54 Å². The average Bonchev–Trinajstić information content (AvgIpc) is 3.20. The molecule has 0 spiro atoms. The van der Waals surface area contributed by atoms with Crippen molar-refractivity contribution in [1.82, 2.24) is 20.2 Å². The number of rotatable bonds is 8. The molecule has 19 heavy (non-hydrogen) atoms. The van der Waals surface area contributed by atoms with Crippen molar-refractivity contribution in [1.29, 1.82) is 0 Å². The van der Waals surface area contributed by atoms with Crippen molar-refractivity contribution in [3.8, 4) is 0 Å². The minimum atomic E-state index is 0.711. The van der Waals surface area contributed by atoms with E-state index in [0.717, 1.165) is 37.6 Å². The minimum absolute atomic E-state index is 0.711. The van der Waals surface area contributed by atoms with Crippen LogP contribution in [0.3, 0.4) is 0 Å². The summed E-state index contributed by atoms with van der Waals surface area (Å²) in [6.07, 6.45) is 7.44. The highest BCUT2D eigenvalue weighted by Gasteiger charge is 2.20. The summed E-state index contributed by atoms with van der Waals surface area (Å²) < 4.78 is 0. The Morgan fingerprint density at radius 1 is 1.21 bits per heavy atom. The summed E-state index contributed by atoms with van der Waals surface area (Å²) in [5, 5.41) is 3.47. The van der Waals surface area contributed by atoms with Crippen molar-refractivity contribution in [2.45, 2.75) is 31.8 Å². The number of aromatic nitrogens is 2. The zero-order valence-electron chi connectivity index (χ0n) is 12.3. The number of hydrogen-bond acceptors (Lipinski definition) is 5. The summed E-state index contributed by atoms with van der Waals surface area (Å²) in [5.74, 6) is 0.967. The third kappa shape index (κ3) is 5.12. The molecule has 0 aliphatic heterocycles. The standard InChI is InChI=1S/C14H25N5/c1-18(2)7-4-8-19(3)14-11-15-9-13(17-14)10-16-12-5-6-12/h9,11-12,16H,4-8,10H2,1-3H3. The van der Waals surface area contributed by atoms with Crippen LogP contribution in [0.1, 0.15) is 25.0 Å². The number of hydrogen-bond donors (Lipinski definition) is 1. The molecule has 0 aromatic carbocycles. The van der Waals surface area contributed by atoms with E-state index in [1.165, 1.54) is 12.8 Å². The van der Waals surface area contributed by atoms with Crippen molar-refractivity contribution >= 4 is 5.82 Å². The maximum absolute atomic E-state index is 4.66. The van der Waals surface area contributed by atoms with Gasteiger partial charge in [0.1, 0.15) is 5.82 Å². The van der Waals surface area contributed by atoms with Crippen molar-refractivity contribution in [2.75, 3.05) is 39.1 Å². The fourth-order valence-corrected chi connectivity index (χ4v) is 1.94. The van der Waals surface area contributed by atoms with Crippen molar-refractivity contribution in [3.05, 3.63) is 18.1 Å². The molecule has 1 heterocycles. The van der Waals surface area contributed by atoms with Gasteiger partial charge < -0.3 is 15.1 Å². The Morgan fingerprint density at radius 2 is 2.00 bits per heavy atom. The van der Waals surface area contributed by atoms with E-state index in [1.807, 2.05) is 12.4 Å². The largest absolute Gasteiger partial charge is 0.358 e. The SMILES string of the molecule is CN(C)CCCN(C)c1cncc(CNC2CC2)n1. The summed E-state index contributed by atoms with van der Waals surface area (Å²) in [6.45, 7) is 2.93. The first-order valence-corrected chi connectivity index (χ1v) is 7.05. The van der Waals surface area contributed by atoms with Gasteiger partial charge in [0, 0.05) is 32.4 Å². The van der Waals surface area contributed by atoms with Crippen molar-refractivity contribution in [2.24, 2.45) is 0 Å². The van der Waals surface area contributed by atoms with Gasteiger partial charge >= 0.3 is 0 Å². The Hall–Kier alpha value is -1.20. The zero-order valence-corrected chi connectivity index (χ0v) is 12.3. The van der Waals surface area contributed by atoms with Gasteiger partial charge in [-0.25, -0.2) is 4.98 Å². The smallest absolute Gasteiger partial charge is 0.147 e. The van der Waals surface area contributed by atoms with E-state index in [1.54, 1.807) is 0 Å². The highest BCUT2D eigenvalue weighted by atomic mass is 15.2. The Morgan fingerprint density at radius 3 is 2.68 bits per heavy atom. The van der Waals surface area contributed by atoms with Crippen LogP contribution in [0, 0.1) is 0 Å². The third-order valence-electron chi connectivity index (χ3n) is 3.31. The summed E-state index contributed by atoms with van der Waals surface area (Å²) >= 11 is 0. The molecule has 0 amide bonds. The molecule has 5 nitrogen and oxygen atoms in total. The first-order valence-electron chi connectivity index (χ1n) is 7.05. The van der Waals surface area contributed by atoms with Crippen LogP contribution in [0.2, 0.25) is 0 Å². The molecule has 2 rings (SSSR count). The lowest BCUT2D eigenvalue weighted by molar-refractivity contribution is 0.401. The van der Waals surface area contributed by atoms with Crippen LogP contribution in [0.5, 0.6) is 0 Å². The minimum Gasteiger partial charge on any atom is -0.358 e. The molecule has 1 fully saturated rings. The molecule has 1 aromatic rings. The maximum atomic E-state index is 4.66. The molecule has 0 radical (unpaired) electrons. The number of anilines is 1. The summed E-state index contributed by atoms with van der Waals surface area (Å²) in [5.41, 5.74) is 1.03. The predicted molar refractivity (Wildman–Crippen MR) is 78.3 cm³/mol. The zero-order chi connectivity index (χ0) is 13.7. The number of nitrogens with zero attached hydrogens (tertiary/aromatic N) is 4. The normalized spacial score (nSPS) is 14.9. The lowest BCUT2D eigenvalue weighted by atomic mass is 10.3. The van der Waals surface area contributed by atoms with E-state index in [0.29, 0.717) is 6.04 Å². The summed E-state index contributed by atoms with van der Waals surface area (Å²) in [7, 11) is 6.28. The van der Waals surface area contributed by atoms with E-state index in [9.17, 15) is 0 Å². The molecule has 1 aliphatic rings. The van der Waals surface area contributed by atoms with Gasteiger partial charge in [-0.1, -0.05) is 0 Å². The van der Waals surface area contributed by atoms with Crippen LogP contribution < -0.4 is 10.2 Å². The lowest BCUT2D eigenvalue weighted by Gasteiger charge is -2.19. The second-order valence-electron chi connectivity index (χ2n) is 5.60. The maximum Gasteiger partial charge on any atom is 0.147 e. The van der Waals surface area contributed by atoms with Crippen LogP contribution in [0.15, 0.2) is 12.4 Å². The molecular weight excluding hydrogens is 238 g/mol. The fourth-order valence-electron chi connectivity index (χ4n) is 1.94. The van der Waals surface area contributed by atoms with Crippen LogP contribution >= 0.6 is 0 Å². The van der Waals surface area contributed by atoms with Gasteiger partial charge in [-0.05, 0) is 39.9 Å². The monoisotopic (exact) mass is 263 g/mol. The Kier molecular flexibility index (Phi) is 5.10. The fraction of sp³-hybridized carbons (Fsp3) is 0.714. The van der Waals surface area contributed by atoms with Crippen molar-refractivity contribution < 1.29 is 0 Å². The molecule has 0 unspecified atom stereocenters. The van der Waals surface area contributed by atoms with Gasteiger partial charge in [0.2, 0.25) is 0 Å².